The van der Waals surface area contributed by atoms with E-state index in [9.17, 15) is 0 Å². The second kappa shape index (κ2) is 16.7. The third-order valence-electron chi connectivity index (χ3n) is 11.6. The zero-order valence-corrected chi connectivity index (χ0v) is 30.5. The Kier molecular flexibility index (Phi) is 14.7. The summed E-state index contributed by atoms with van der Waals surface area (Å²) in [6, 6.07) is 0. The Balaban J connectivity index is 0.000000935. The molecular weight excluding hydrogens is 504 g/mol. The van der Waals surface area contributed by atoms with E-state index in [4.69, 9.17) is 6.58 Å². The second-order valence-corrected chi connectivity index (χ2v) is 15.1. The summed E-state index contributed by atoms with van der Waals surface area (Å²) in [5.74, 6) is 6.62. The summed E-state index contributed by atoms with van der Waals surface area (Å²) in [5.41, 5.74) is 10.0. The molecule has 242 valence electrons. The van der Waals surface area contributed by atoms with Crippen molar-refractivity contribution in [2.45, 2.75) is 154 Å². The minimum Gasteiger partial charge on any atom is -0.0998 e. The molecule has 0 spiro atoms. The van der Waals surface area contributed by atoms with E-state index in [0.717, 1.165) is 29.6 Å². The fourth-order valence-electron chi connectivity index (χ4n) is 9.36. The Morgan fingerprint density at radius 2 is 1.50 bits per heavy atom. The average molecular weight is 579 g/mol. The molecule has 7 unspecified atom stereocenters. The molecule has 0 amide bonds. The first-order chi connectivity index (χ1) is 20.0. The third-order valence-corrected chi connectivity index (χ3v) is 11.6. The van der Waals surface area contributed by atoms with E-state index in [1.807, 2.05) is 33.3 Å². The summed E-state index contributed by atoms with van der Waals surface area (Å²) in [6.07, 6.45) is 20.1. The fraction of sp³-hybridized carbons (Fsp3) is 0.762. The maximum Gasteiger partial charge on any atom is 0 e. The van der Waals surface area contributed by atoms with Crippen molar-refractivity contribution in [1.29, 1.82) is 0 Å². The van der Waals surface area contributed by atoms with Crippen LogP contribution >= 0.6 is 0 Å². The number of allylic oxidation sites excluding steroid dienone is 8. The molecule has 0 saturated heterocycles. The van der Waals surface area contributed by atoms with Crippen molar-refractivity contribution < 1.29 is 1.43 Å². The van der Waals surface area contributed by atoms with Gasteiger partial charge < -0.3 is 0 Å². The molecule has 0 aromatic heterocycles. The molecular formula is C42H74. The van der Waals surface area contributed by atoms with Crippen LogP contribution in [0.4, 0.5) is 0 Å². The normalized spacial score (nSPS) is 34.9. The highest BCUT2D eigenvalue weighted by Gasteiger charge is 2.55. The van der Waals surface area contributed by atoms with Gasteiger partial charge in [0.05, 0.1) is 0 Å². The summed E-state index contributed by atoms with van der Waals surface area (Å²) in [5, 5.41) is 0. The first-order valence-corrected chi connectivity index (χ1v) is 18.4. The summed E-state index contributed by atoms with van der Waals surface area (Å²) in [4.78, 5) is 0. The van der Waals surface area contributed by atoms with E-state index < -0.39 is 0 Å². The lowest BCUT2D eigenvalue weighted by Gasteiger charge is -2.60. The molecule has 3 saturated carbocycles. The number of hydrogen-bond donors (Lipinski definition) is 0. The number of hydrogen-bond acceptors (Lipinski definition) is 0. The SMILES string of the molecule is C=C(C)C1CC=C(C2=CCC3(C)C(CCC4C5CCC/C(=C(\C)C(C)C)C5CCC43)C2=C)CC1.CC.CC.CC(C)C.[HH]. The van der Waals surface area contributed by atoms with Crippen molar-refractivity contribution >= 4 is 0 Å². The smallest absolute Gasteiger partial charge is 0 e. The Hall–Kier alpha value is -1.30. The van der Waals surface area contributed by atoms with Crippen LogP contribution in [0, 0.1) is 52.8 Å². The Labute approximate surface area is 266 Å². The van der Waals surface area contributed by atoms with Gasteiger partial charge in [-0.2, -0.15) is 0 Å². The van der Waals surface area contributed by atoms with E-state index in [0.29, 0.717) is 23.2 Å². The maximum absolute atomic E-state index is 4.79. The van der Waals surface area contributed by atoms with Gasteiger partial charge in [0.2, 0.25) is 0 Å². The molecule has 42 heavy (non-hydrogen) atoms. The highest BCUT2D eigenvalue weighted by molar-refractivity contribution is 5.50. The van der Waals surface area contributed by atoms with Gasteiger partial charge in [-0.3, -0.25) is 0 Å². The molecule has 0 aromatic rings. The van der Waals surface area contributed by atoms with E-state index >= 15 is 0 Å². The van der Waals surface area contributed by atoms with Gasteiger partial charge >= 0.3 is 0 Å². The average Bonchev–Trinajstić information content (AvgIpc) is 2.98. The lowest BCUT2D eigenvalue weighted by Crippen LogP contribution is -2.51. The highest BCUT2D eigenvalue weighted by atomic mass is 14.6. The van der Waals surface area contributed by atoms with Crippen molar-refractivity contribution in [2.24, 2.45) is 52.8 Å². The molecule has 0 N–H and O–H groups in total. The largest absolute Gasteiger partial charge is 0.0998 e. The molecule has 7 atom stereocenters. The molecule has 0 heterocycles. The molecule has 0 nitrogen and oxygen atoms in total. The van der Waals surface area contributed by atoms with Crippen LogP contribution in [0.2, 0.25) is 0 Å². The van der Waals surface area contributed by atoms with Crippen LogP contribution in [0.1, 0.15) is 155 Å². The van der Waals surface area contributed by atoms with Gasteiger partial charge in [-0.05, 0) is 154 Å². The van der Waals surface area contributed by atoms with Gasteiger partial charge in [-0.1, -0.05) is 111 Å². The van der Waals surface area contributed by atoms with E-state index in [1.54, 1.807) is 16.7 Å². The lowest BCUT2D eigenvalue weighted by atomic mass is 9.45. The van der Waals surface area contributed by atoms with Crippen LogP contribution in [0.3, 0.4) is 0 Å². The lowest BCUT2D eigenvalue weighted by molar-refractivity contribution is -0.0608. The first-order valence-electron chi connectivity index (χ1n) is 18.4. The molecule has 0 aromatic carbocycles. The van der Waals surface area contributed by atoms with Gasteiger partial charge in [0, 0.05) is 1.43 Å². The highest BCUT2D eigenvalue weighted by Crippen LogP contribution is 2.64. The van der Waals surface area contributed by atoms with Crippen LogP contribution in [-0.2, 0) is 0 Å². The Morgan fingerprint density at radius 3 is 2.05 bits per heavy atom. The molecule has 0 aliphatic heterocycles. The Bertz CT molecular complexity index is 984. The van der Waals surface area contributed by atoms with E-state index in [2.05, 4.69) is 74.1 Å². The molecule has 0 bridgehead atoms. The molecule has 0 heteroatoms. The van der Waals surface area contributed by atoms with Crippen molar-refractivity contribution in [2.75, 3.05) is 0 Å². The van der Waals surface area contributed by atoms with Gasteiger partial charge in [-0.25, -0.2) is 0 Å². The zero-order chi connectivity index (χ0) is 31.8. The monoisotopic (exact) mass is 579 g/mol. The van der Waals surface area contributed by atoms with Gasteiger partial charge in [0.15, 0.2) is 0 Å². The van der Waals surface area contributed by atoms with Crippen molar-refractivity contribution in [3.05, 3.63) is 58.7 Å². The molecule has 5 aliphatic rings. The van der Waals surface area contributed by atoms with Gasteiger partial charge in [0.25, 0.3) is 0 Å². The minimum absolute atomic E-state index is 0. The van der Waals surface area contributed by atoms with E-state index in [-0.39, 0.29) is 1.43 Å². The number of fused-ring (bicyclic) bond motifs is 5. The van der Waals surface area contributed by atoms with Crippen LogP contribution < -0.4 is 0 Å². The van der Waals surface area contributed by atoms with Gasteiger partial charge in [0.1, 0.15) is 0 Å². The maximum atomic E-state index is 4.79. The summed E-state index contributed by atoms with van der Waals surface area (Å²) >= 11 is 0. The fourth-order valence-corrected chi connectivity index (χ4v) is 9.36. The minimum atomic E-state index is 0. The quantitative estimate of drug-likeness (QED) is 0.292. The van der Waals surface area contributed by atoms with Crippen molar-refractivity contribution in [3.8, 4) is 0 Å². The second-order valence-electron chi connectivity index (χ2n) is 15.1. The number of rotatable bonds is 3. The Morgan fingerprint density at radius 1 is 0.857 bits per heavy atom. The van der Waals surface area contributed by atoms with Gasteiger partial charge in [-0.15, -0.1) is 0 Å². The molecule has 0 radical (unpaired) electrons. The zero-order valence-electron chi connectivity index (χ0n) is 30.5. The van der Waals surface area contributed by atoms with Crippen LogP contribution in [-0.4, -0.2) is 0 Å². The van der Waals surface area contributed by atoms with Crippen molar-refractivity contribution in [1.82, 2.24) is 0 Å². The standard InChI is InChI=1S/C34H50.C4H10.2C2H6.H2/c1-21(2)23(5)28-9-8-10-29-30(28)15-18-33-31(29)16-17-32-24(6)27(19-20-34(32,33)7)26-13-11-25(12-14-26)22(3)4;1-4(2)3;2*1-2;/h13,19,21,25,29-33H,3,6,8-12,14-18,20H2,1-2,4-5,7H3;4H,1-3H3;2*1-2H3;1H/b28-23-;;;;. The molecule has 5 rings (SSSR count). The van der Waals surface area contributed by atoms with E-state index in [1.165, 1.54) is 81.8 Å². The molecule has 5 aliphatic carbocycles. The predicted octanol–water partition coefficient (Wildman–Crippen LogP) is 14.0. The van der Waals surface area contributed by atoms with Crippen LogP contribution in [0.5, 0.6) is 0 Å². The predicted molar refractivity (Wildman–Crippen MR) is 193 cm³/mol. The van der Waals surface area contributed by atoms with Crippen LogP contribution in [0.25, 0.3) is 0 Å². The van der Waals surface area contributed by atoms with Crippen molar-refractivity contribution in [3.63, 3.8) is 0 Å². The summed E-state index contributed by atoms with van der Waals surface area (Å²) < 4.78 is 0. The first kappa shape index (κ1) is 36.9. The van der Waals surface area contributed by atoms with Crippen LogP contribution in [0.15, 0.2) is 58.7 Å². The summed E-state index contributed by atoms with van der Waals surface area (Å²) in [7, 11) is 0. The molecule has 3 fully saturated rings. The summed E-state index contributed by atoms with van der Waals surface area (Å²) in [6.45, 7) is 35.6. The topological polar surface area (TPSA) is 0 Å². The third kappa shape index (κ3) is 8.04.